The van der Waals surface area contributed by atoms with E-state index in [0.717, 1.165) is 55.7 Å². The molecule has 182 valence electrons. The van der Waals surface area contributed by atoms with Crippen LogP contribution < -0.4 is 14.8 Å². The minimum Gasteiger partial charge on any atom is -0.490 e. The van der Waals surface area contributed by atoms with E-state index in [2.05, 4.69) is 16.3 Å². The highest BCUT2D eigenvalue weighted by Gasteiger charge is 2.30. The van der Waals surface area contributed by atoms with Gasteiger partial charge in [-0.05, 0) is 68.1 Å². The van der Waals surface area contributed by atoms with E-state index < -0.39 is 10.0 Å². The van der Waals surface area contributed by atoms with Crippen molar-refractivity contribution < 1.29 is 22.7 Å². The van der Waals surface area contributed by atoms with Crippen molar-refractivity contribution in [2.24, 2.45) is 0 Å². The number of anilines is 1. The molecule has 3 aliphatic heterocycles. The highest BCUT2D eigenvalue weighted by molar-refractivity contribution is 7.89. The molecule has 9 heteroatoms. The Labute approximate surface area is 200 Å². The number of benzene rings is 2. The Bertz CT molecular complexity index is 1150. The summed E-state index contributed by atoms with van der Waals surface area (Å²) >= 11 is 0. The van der Waals surface area contributed by atoms with Crippen LogP contribution in [0.2, 0.25) is 0 Å². The third kappa shape index (κ3) is 4.92. The minimum atomic E-state index is -3.52. The van der Waals surface area contributed by atoms with Gasteiger partial charge in [0.2, 0.25) is 15.9 Å². The lowest BCUT2D eigenvalue weighted by molar-refractivity contribution is -0.117. The second-order valence-electron chi connectivity index (χ2n) is 9.07. The van der Waals surface area contributed by atoms with E-state index in [9.17, 15) is 13.2 Å². The highest BCUT2D eigenvalue weighted by atomic mass is 32.2. The van der Waals surface area contributed by atoms with Crippen molar-refractivity contribution in [1.29, 1.82) is 0 Å². The third-order valence-electron chi connectivity index (χ3n) is 6.69. The van der Waals surface area contributed by atoms with Gasteiger partial charge >= 0.3 is 0 Å². The number of rotatable bonds is 6. The van der Waals surface area contributed by atoms with E-state index in [1.54, 1.807) is 24.3 Å². The maximum absolute atomic E-state index is 12.9. The fraction of sp³-hybridized carbons (Fsp3) is 0.480. The smallest absolute Gasteiger partial charge is 0.243 e. The predicted octanol–water partition coefficient (Wildman–Crippen LogP) is 3.41. The summed E-state index contributed by atoms with van der Waals surface area (Å²) < 4.78 is 38.8. The number of carbonyl (C=O) groups is 1. The quantitative estimate of drug-likeness (QED) is 0.675. The topological polar surface area (TPSA) is 88.2 Å². The normalized spacial score (nSPS) is 21.4. The molecule has 0 aromatic heterocycles. The van der Waals surface area contributed by atoms with Crippen molar-refractivity contribution in [3.8, 4) is 11.5 Å². The summed E-state index contributed by atoms with van der Waals surface area (Å²) in [6.07, 6.45) is 4.61. The van der Waals surface area contributed by atoms with Gasteiger partial charge in [0.1, 0.15) is 0 Å². The maximum Gasteiger partial charge on any atom is 0.243 e. The average Bonchev–Trinajstić information content (AvgIpc) is 3.48. The molecule has 5 rings (SSSR count). The summed E-state index contributed by atoms with van der Waals surface area (Å²) in [5.74, 6) is 1.38. The van der Waals surface area contributed by atoms with Crippen LogP contribution in [0.3, 0.4) is 0 Å². The lowest BCUT2D eigenvalue weighted by atomic mass is 10.0. The Morgan fingerprint density at radius 3 is 2.56 bits per heavy atom. The highest BCUT2D eigenvalue weighted by Crippen LogP contribution is 2.37. The molecule has 2 aromatic rings. The van der Waals surface area contributed by atoms with Gasteiger partial charge in [0.15, 0.2) is 11.5 Å². The number of ether oxygens (including phenoxy) is 2. The minimum absolute atomic E-state index is 0.129. The largest absolute Gasteiger partial charge is 0.490 e. The summed E-state index contributed by atoms with van der Waals surface area (Å²) in [7, 11) is -3.52. The molecule has 0 spiro atoms. The Hall–Kier alpha value is -2.62. The number of nitrogens with zero attached hydrogens (tertiary/aromatic N) is 2. The molecule has 1 atom stereocenters. The van der Waals surface area contributed by atoms with Crippen molar-refractivity contribution in [2.75, 3.05) is 44.7 Å². The predicted molar refractivity (Wildman–Crippen MR) is 129 cm³/mol. The van der Waals surface area contributed by atoms with E-state index in [-0.39, 0.29) is 23.4 Å². The van der Waals surface area contributed by atoms with Crippen molar-refractivity contribution >= 4 is 21.6 Å². The van der Waals surface area contributed by atoms with E-state index in [1.165, 1.54) is 4.31 Å². The van der Waals surface area contributed by atoms with Gasteiger partial charge in [-0.25, -0.2) is 8.42 Å². The molecular formula is C25H31N3O5S. The Kier molecular flexibility index (Phi) is 6.76. The molecule has 2 saturated heterocycles. The first-order valence-corrected chi connectivity index (χ1v) is 13.5. The van der Waals surface area contributed by atoms with Crippen molar-refractivity contribution in [3.63, 3.8) is 0 Å². The fourth-order valence-electron chi connectivity index (χ4n) is 4.98. The van der Waals surface area contributed by atoms with Crippen LogP contribution in [0.5, 0.6) is 11.5 Å². The van der Waals surface area contributed by atoms with Crippen LogP contribution in [0.4, 0.5) is 5.69 Å². The zero-order chi connectivity index (χ0) is 23.5. The lowest BCUT2D eigenvalue weighted by Crippen LogP contribution is -2.33. The van der Waals surface area contributed by atoms with E-state index in [1.807, 2.05) is 12.1 Å². The third-order valence-corrected chi connectivity index (χ3v) is 8.58. The zero-order valence-corrected chi connectivity index (χ0v) is 20.1. The first-order valence-electron chi connectivity index (χ1n) is 12.0. The van der Waals surface area contributed by atoms with Crippen LogP contribution in [0.1, 0.15) is 43.7 Å². The van der Waals surface area contributed by atoms with Crippen molar-refractivity contribution in [3.05, 3.63) is 48.0 Å². The number of carbonyl (C=O) groups excluding carboxylic acids is 1. The van der Waals surface area contributed by atoms with Crippen molar-refractivity contribution in [1.82, 2.24) is 9.21 Å². The van der Waals surface area contributed by atoms with Crippen LogP contribution >= 0.6 is 0 Å². The summed E-state index contributed by atoms with van der Waals surface area (Å²) in [6, 6.07) is 12.7. The zero-order valence-electron chi connectivity index (χ0n) is 19.2. The molecule has 1 N–H and O–H groups in total. The van der Waals surface area contributed by atoms with E-state index in [4.69, 9.17) is 9.47 Å². The van der Waals surface area contributed by atoms with Crippen LogP contribution in [0, 0.1) is 0 Å². The summed E-state index contributed by atoms with van der Waals surface area (Å²) in [5.41, 5.74) is 1.62. The van der Waals surface area contributed by atoms with Gasteiger partial charge in [-0.1, -0.05) is 12.1 Å². The van der Waals surface area contributed by atoms with Crippen LogP contribution in [0.25, 0.3) is 0 Å². The Morgan fingerprint density at radius 1 is 0.941 bits per heavy atom. The number of amides is 1. The molecule has 0 radical (unpaired) electrons. The molecule has 8 nitrogen and oxygen atoms in total. The summed E-state index contributed by atoms with van der Waals surface area (Å²) in [6.45, 7) is 3.46. The van der Waals surface area contributed by atoms with Gasteiger partial charge in [0, 0.05) is 31.2 Å². The van der Waals surface area contributed by atoms with Gasteiger partial charge in [0.05, 0.1) is 24.7 Å². The van der Waals surface area contributed by atoms with Gasteiger partial charge in [-0.3, -0.25) is 9.69 Å². The number of sulfonamides is 1. The van der Waals surface area contributed by atoms with Gasteiger partial charge in [0.25, 0.3) is 0 Å². The molecule has 1 amide bonds. The number of hydrogen-bond donors (Lipinski definition) is 1. The second-order valence-corrected chi connectivity index (χ2v) is 11.0. The molecule has 3 aliphatic rings. The van der Waals surface area contributed by atoms with Gasteiger partial charge in [-0.15, -0.1) is 0 Å². The Balaban J connectivity index is 1.25. The fourth-order valence-corrected chi connectivity index (χ4v) is 6.54. The molecule has 0 aliphatic carbocycles. The molecule has 2 fully saturated rings. The second kappa shape index (κ2) is 9.93. The van der Waals surface area contributed by atoms with Crippen LogP contribution in [0.15, 0.2) is 47.4 Å². The number of hydrogen-bond acceptors (Lipinski definition) is 6. The molecular weight excluding hydrogens is 454 g/mol. The summed E-state index contributed by atoms with van der Waals surface area (Å²) in [4.78, 5) is 15.3. The monoisotopic (exact) mass is 485 g/mol. The SMILES string of the molecule is O=C(CN1CCCC1c1ccc2c(c1)OCCCO2)Nc1cccc(S(=O)(=O)N2CCCC2)c1. The molecule has 2 aromatic carbocycles. The average molecular weight is 486 g/mol. The first kappa shape index (κ1) is 23.1. The standard InChI is InChI=1S/C25H31N3O5S/c29-25(26-20-6-3-7-21(17-20)34(30,31)28-12-1-2-13-28)18-27-11-4-8-22(27)19-9-10-23-24(16-19)33-15-5-14-32-23/h3,6-7,9-10,16-17,22H,1-2,4-5,8,11-15,18H2,(H,26,29). The van der Waals surface area contributed by atoms with Gasteiger partial charge < -0.3 is 14.8 Å². The van der Waals surface area contributed by atoms with Gasteiger partial charge in [-0.2, -0.15) is 4.31 Å². The molecule has 34 heavy (non-hydrogen) atoms. The maximum atomic E-state index is 12.9. The number of fused-ring (bicyclic) bond motifs is 1. The first-order chi connectivity index (χ1) is 16.5. The van der Waals surface area contributed by atoms with Crippen LogP contribution in [-0.2, 0) is 14.8 Å². The van der Waals surface area contributed by atoms with Crippen LogP contribution in [-0.4, -0.2) is 62.9 Å². The summed E-state index contributed by atoms with van der Waals surface area (Å²) in [5, 5.41) is 2.89. The number of nitrogens with one attached hydrogen (secondary N) is 1. The van der Waals surface area contributed by atoms with E-state index in [0.29, 0.717) is 32.0 Å². The van der Waals surface area contributed by atoms with E-state index >= 15 is 0 Å². The molecule has 3 heterocycles. The molecule has 0 bridgehead atoms. The Morgan fingerprint density at radius 2 is 1.74 bits per heavy atom. The molecule has 1 unspecified atom stereocenters. The lowest BCUT2D eigenvalue weighted by Gasteiger charge is -2.25. The van der Waals surface area contributed by atoms with Crippen molar-refractivity contribution in [2.45, 2.75) is 43.0 Å². The number of likely N-dealkylation sites (tertiary alicyclic amines) is 1. The molecule has 0 saturated carbocycles.